The first-order valence-electron chi connectivity index (χ1n) is 9.54. The van der Waals surface area contributed by atoms with Gasteiger partial charge >= 0.3 is 6.03 Å². The standard InChI is InChI=1S/C22H24BrN3O3/c1-4-5-15-6-8-16(9-7-15)22(3)20(28)26(21(29)25-22)13-19(27)24-18-11-10-17(23)12-14(18)2/h6-12H,4-5,13H2,1-3H3,(H,24,27)(H,25,29). The number of amides is 4. The molecule has 1 fully saturated rings. The Morgan fingerprint density at radius 1 is 1.17 bits per heavy atom. The zero-order valence-electron chi connectivity index (χ0n) is 16.7. The number of imide groups is 1. The number of hydrogen-bond acceptors (Lipinski definition) is 3. The zero-order chi connectivity index (χ0) is 21.2. The molecule has 0 aliphatic carbocycles. The highest BCUT2D eigenvalue weighted by atomic mass is 79.9. The lowest BCUT2D eigenvalue weighted by Gasteiger charge is -2.22. The maximum Gasteiger partial charge on any atom is 0.325 e. The highest BCUT2D eigenvalue weighted by Gasteiger charge is 2.49. The van der Waals surface area contributed by atoms with Crippen LogP contribution in [-0.2, 0) is 21.5 Å². The van der Waals surface area contributed by atoms with Crippen molar-refractivity contribution in [3.63, 3.8) is 0 Å². The Balaban J connectivity index is 1.73. The molecule has 6 nitrogen and oxygen atoms in total. The van der Waals surface area contributed by atoms with Crippen molar-refractivity contribution in [2.24, 2.45) is 0 Å². The van der Waals surface area contributed by atoms with Gasteiger partial charge in [0.05, 0.1) is 0 Å². The monoisotopic (exact) mass is 457 g/mol. The Hall–Kier alpha value is -2.67. The first-order chi connectivity index (χ1) is 13.7. The van der Waals surface area contributed by atoms with E-state index in [0.717, 1.165) is 27.8 Å². The fourth-order valence-corrected chi connectivity index (χ4v) is 3.91. The first-order valence-corrected chi connectivity index (χ1v) is 10.3. The molecule has 4 amide bonds. The molecule has 7 heteroatoms. The van der Waals surface area contributed by atoms with Crippen molar-refractivity contribution >= 4 is 39.5 Å². The average molecular weight is 458 g/mol. The van der Waals surface area contributed by atoms with Crippen molar-refractivity contribution in [2.75, 3.05) is 11.9 Å². The van der Waals surface area contributed by atoms with E-state index in [2.05, 4.69) is 33.5 Å². The van der Waals surface area contributed by atoms with E-state index >= 15 is 0 Å². The molecule has 3 rings (SSSR count). The van der Waals surface area contributed by atoms with E-state index in [1.807, 2.05) is 43.3 Å². The van der Waals surface area contributed by atoms with Crippen LogP contribution in [0.4, 0.5) is 10.5 Å². The maximum atomic E-state index is 13.0. The largest absolute Gasteiger partial charge is 0.325 e. The van der Waals surface area contributed by atoms with E-state index in [0.29, 0.717) is 11.3 Å². The smallest absolute Gasteiger partial charge is 0.324 e. The number of aryl methyl sites for hydroxylation is 2. The topological polar surface area (TPSA) is 78.5 Å². The van der Waals surface area contributed by atoms with Gasteiger partial charge in [0.15, 0.2) is 0 Å². The quantitative estimate of drug-likeness (QED) is 0.640. The summed E-state index contributed by atoms with van der Waals surface area (Å²) in [5.41, 5.74) is 2.21. The minimum absolute atomic E-state index is 0.344. The Morgan fingerprint density at radius 2 is 1.86 bits per heavy atom. The van der Waals surface area contributed by atoms with Crippen molar-refractivity contribution in [2.45, 2.75) is 39.2 Å². The fraction of sp³-hybridized carbons (Fsp3) is 0.318. The molecule has 152 valence electrons. The third-order valence-corrected chi connectivity index (χ3v) is 5.60. The second kappa shape index (κ2) is 8.37. The van der Waals surface area contributed by atoms with Gasteiger partial charge in [0.25, 0.3) is 5.91 Å². The molecule has 0 saturated carbocycles. The van der Waals surface area contributed by atoms with Crippen LogP contribution in [0.1, 0.15) is 37.0 Å². The minimum Gasteiger partial charge on any atom is -0.324 e. The summed E-state index contributed by atoms with van der Waals surface area (Å²) in [4.78, 5) is 38.9. The summed E-state index contributed by atoms with van der Waals surface area (Å²) in [6, 6.07) is 12.5. The number of urea groups is 1. The molecule has 1 aliphatic heterocycles. The SMILES string of the molecule is CCCc1ccc(C2(C)NC(=O)N(CC(=O)Nc3ccc(Br)cc3C)C2=O)cc1. The molecule has 2 aromatic carbocycles. The number of nitrogens with zero attached hydrogens (tertiary/aromatic N) is 1. The van der Waals surface area contributed by atoms with Crippen LogP contribution >= 0.6 is 15.9 Å². The number of rotatable bonds is 6. The van der Waals surface area contributed by atoms with E-state index < -0.39 is 23.4 Å². The Morgan fingerprint density at radius 3 is 2.48 bits per heavy atom. The van der Waals surface area contributed by atoms with Gasteiger partial charge < -0.3 is 10.6 Å². The lowest BCUT2D eigenvalue weighted by atomic mass is 9.91. The molecule has 0 bridgehead atoms. The van der Waals surface area contributed by atoms with Gasteiger partial charge in [-0.2, -0.15) is 0 Å². The molecular weight excluding hydrogens is 434 g/mol. The molecule has 1 unspecified atom stereocenters. The highest BCUT2D eigenvalue weighted by Crippen LogP contribution is 2.29. The number of carbonyl (C=O) groups is 3. The summed E-state index contributed by atoms with van der Waals surface area (Å²) in [5.74, 6) is -0.866. The van der Waals surface area contributed by atoms with Gasteiger partial charge in [-0.15, -0.1) is 0 Å². The van der Waals surface area contributed by atoms with E-state index in [-0.39, 0.29) is 6.54 Å². The number of nitrogens with one attached hydrogen (secondary N) is 2. The van der Waals surface area contributed by atoms with Gasteiger partial charge in [-0.05, 0) is 55.2 Å². The summed E-state index contributed by atoms with van der Waals surface area (Å²) in [6.45, 7) is 5.30. The van der Waals surface area contributed by atoms with Crippen molar-refractivity contribution in [3.8, 4) is 0 Å². The first kappa shape index (κ1) is 21.0. The van der Waals surface area contributed by atoms with Crippen LogP contribution in [0.3, 0.4) is 0 Å². The molecular formula is C22H24BrN3O3. The summed E-state index contributed by atoms with van der Waals surface area (Å²) in [7, 11) is 0. The van der Waals surface area contributed by atoms with Crippen LogP contribution in [0.5, 0.6) is 0 Å². The molecule has 1 saturated heterocycles. The normalized spacial score (nSPS) is 18.7. The summed E-state index contributed by atoms with van der Waals surface area (Å²) in [6.07, 6.45) is 1.99. The van der Waals surface area contributed by atoms with E-state index in [1.165, 1.54) is 5.56 Å². The van der Waals surface area contributed by atoms with Gasteiger partial charge in [0, 0.05) is 10.2 Å². The number of carbonyl (C=O) groups excluding carboxylic acids is 3. The second-order valence-electron chi connectivity index (χ2n) is 7.40. The van der Waals surface area contributed by atoms with Crippen molar-refractivity contribution < 1.29 is 14.4 Å². The Bertz CT molecular complexity index is 958. The number of benzene rings is 2. The van der Waals surface area contributed by atoms with Crippen LogP contribution in [0.25, 0.3) is 0 Å². The average Bonchev–Trinajstić information content (AvgIpc) is 2.89. The minimum atomic E-state index is -1.18. The van der Waals surface area contributed by atoms with Gasteiger partial charge in [0.1, 0.15) is 12.1 Å². The van der Waals surface area contributed by atoms with Crippen LogP contribution in [0.15, 0.2) is 46.9 Å². The lowest BCUT2D eigenvalue weighted by molar-refractivity contribution is -0.133. The summed E-state index contributed by atoms with van der Waals surface area (Å²) in [5, 5.41) is 5.50. The second-order valence-corrected chi connectivity index (χ2v) is 8.32. The maximum absolute atomic E-state index is 13.0. The molecule has 2 N–H and O–H groups in total. The molecule has 1 atom stereocenters. The van der Waals surface area contributed by atoms with Crippen LogP contribution in [0.2, 0.25) is 0 Å². The zero-order valence-corrected chi connectivity index (χ0v) is 18.3. The Kier molecular flexibility index (Phi) is 6.07. The van der Waals surface area contributed by atoms with Gasteiger partial charge in [-0.3, -0.25) is 14.5 Å². The Labute approximate surface area is 178 Å². The fourth-order valence-electron chi connectivity index (χ4n) is 3.43. The van der Waals surface area contributed by atoms with Crippen molar-refractivity contribution in [1.82, 2.24) is 10.2 Å². The van der Waals surface area contributed by atoms with Crippen molar-refractivity contribution in [3.05, 3.63) is 63.6 Å². The van der Waals surface area contributed by atoms with Gasteiger partial charge in [0.2, 0.25) is 5.91 Å². The number of halogens is 1. The molecule has 0 spiro atoms. The van der Waals surface area contributed by atoms with Crippen LogP contribution in [-0.4, -0.2) is 29.3 Å². The number of hydrogen-bond donors (Lipinski definition) is 2. The van der Waals surface area contributed by atoms with E-state index in [1.54, 1.807) is 13.0 Å². The predicted octanol–water partition coefficient (Wildman–Crippen LogP) is 4.12. The molecule has 2 aromatic rings. The molecule has 1 aliphatic rings. The van der Waals surface area contributed by atoms with Crippen molar-refractivity contribution in [1.29, 1.82) is 0 Å². The molecule has 29 heavy (non-hydrogen) atoms. The molecule has 0 aromatic heterocycles. The summed E-state index contributed by atoms with van der Waals surface area (Å²) < 4.78 is 0.905. The summed E-state index contributed by atoms with van der Waals surface area (Å²) >= 11 is 3.38. The molecule has 0 radical (unpaired) electrons. The lowest BCUT2D eigenvalue weighted by Crippen LogP contribution is -2.42. The third-order valence-electron chi connectivity index (χ3n) is 5.11. The van der Waals surface area contributed by atoms with Gasteiger partial charge in [-0.1, -0.05) is 53.5 Å². The van der Waals surface area contributed by atoms with E-state index in [4.69, 9.17) is 0 Å². The molecule has 1 heterocycles. The highest BCUT2D eigenvalue weighted by molar-refractivity contribution is 9.10. The van der Waals surface area contributed by atoms with Gasteiger partial charge in [-0.25, -0.2) is 4.79 Å². The van der Waals surface area contributed by atoms with E-state index in [9.17, 15) is 14.4 Å². The number of anilines is 1. The third kappa shape index (κ3) is 4.34. The van der Waals surface area contributed by atoms with Crippen LogP contribution in [0, 0.1) is 6.92 Å². The van der Waals surface area contributed by atoms with Crippen LogP contribution < -0.4 is 10.6 Å². The predicted molar refractivity (Wildman–Crippen MR) is 116 cm³/mol.